The summed E-state index contributed by atoms with van der Waals surface area (Å²) in [6, 6.07) is 5.60. The van der Waals surface area contributed by atoms with Gasteiger partial charge in [0.05, 0.1) is 11.8 Å². The van der Waals surface area contributed by atoms with Gasteiger partial charge in [-0.15, -0.1) is 0 Å². The maximum absolute atomic E-state index is 12.1. The van der Waals surface area contributed by atoms with Gasteiger partial charge in [-0.05, 0) is 36.1 Å². The number of rotatable bonds is 3. The summed E-state index contributed by atoms with van der Waals surface area (Å²) in [4.78, 5) is 23.2. The van der Waals surface area contributed by atoms with Crippen LogP contribution in [0.4, 0.5) is 5.69 Å². The number of benzene rings is 1. The Morgan fingerprint density at radius 1 is 1.26 bits per heavy atom. The zero-order chi connectivity index (χ0) is 14.4. The van der Waals surface area contributed by atoms with Gasteiger partial charge in [-0.2, -0.15) is 0 Å². The highest BCUT2D eigenvalue weighted by atomic mass is 79.9. The van der Waals surface area contributed by atoms with Gasteiger partial charge in [-0.3, -0.25) is 9.59 Å². The molecule has 0 aliphatic heterocycles. The molecule has 2 rings (SSSR count). The number of carbonyl (C=O) groups is 2. The van der Waals surface area contributed by atoms with Gasteiger partial charge in [0.2, 0.25) is 5.91 Å². The summed E-state index contributed by atoms with van der Waals surface area (Å²) in [5.74, 6) is -2.20. The van der Waals surface area contributed by atoms with Gasteiger partial charge >= 0.3 is 5.97 Å². The molecule has 0 spiro atoms. The Hall–Kier alpha value is -1.36. The number of nitrogens with one attached hydrogen (secondary N) is 1. The van der Waals surface area contributed by atoms with E-state index in [9.17, 15) is 9.59 Å². The number of anilines is 1. The number of carboxylic acid groups (broad SMARTS) is 1. The number of carbonyl (C=O) groups excluding carboxylic acids is 1. The second kappa shape index (κ2) is 4.63. The lowest BCUT2D eigenvalue weighted by Gasteiger charge is -2.07. The molecule has 0 heterocycles. The molecule has 1 saturated carbocycles. The van der Waals surface area contributed by atoms with Crippen molar-refractivity contribution in [1.29, 1.82) is 0 Å². The standard InChI is InChI=1S/C14H16BrNO3/c1-7-4-8(15)6-9(5-7)16-12(17)10-11(13(18)19)14(10,2)3/h4-6,10-11H,1-3H3,(H,16,17)(H,18,19). The molecular weight excluding hydrogens is 310 g/mol. The van der Waals surface area contributed by atoms with Crippen molar-refractivity contribution in [2.75, 3.05) is 5.32 Å². The van der Waals surface area contributed by atoms with Crippen molar-refractivity contribution in [3.05, 3.63) is 28.2 Å². The van der Waals surface area contributed by atoms with E-state index in [1.165, 1.54) is 0 Å². The van der Waals surface area contributed by atoms with E-state index in [4.69, 9.17) is 5.11 Å². The molecule has 0 radical (unpaired) electrons. The van der Waals surface area contributed by atoms with Gasteiger partial charge in [0.15, 0.2) is 0 Å². The van der Waals surface area contributed by atoms with Crippen molar-refractivity contribution in [3.8, 4) is 0 Å². The number of amides is 1. The molecule has 2 atom stereocenters. The molecule has 4 nitrogen and oxygen atoms in total. The first-order chi connectivity index (χ1) is 8.73. The van der Waals surface area contributed by atoms with E-state index in [1.807, 2.05) is 32.9 Å². The number of hydrogen-bond donors (Lipinski definition) is 2. The number of aryl methyl sites for hydroxylation is 1. The van der Waals surface area contributed by atoms with Gasteiger partial charge in [0.1, 0.15) is 0 Å². The predicted octanol–water partition coefficient (Wildman–Crippen LogP) is 3.05. The second-order valence-electron chi connectivity index (χ2n) is 5.62. The lowest BCUT2D eigenvalue weighted by molar-refractivity contribution is -0.140. The van der Waals surface area contributed by atoms with E-state index < -0.39 is 23.2 Å². The average molecular weight is 326 g/mol. The molecule has 0 bridgehead atoms. The highest BCUT2D eigenvalue weighted by molar-refractivity contribution is 9.10. The average Bonchev–Trinajstić information content (AvgIpc) is 2.80. The quantitative estimate of drug-likeness (QED) is 0.897. The normalized spacial score (nSPS) is 23.8. The number of carboxylic acids is 1. The summed E-state index contributed by atoms with van der Waals surface area (Å²) >= 11 is 3.37. The predicted molar refractivity (Wildman–Crippen MR) is 75.9 cm³/mol. The Kier molecular flexibility index (Phi) is 3.43. The topological polar surface area (TPSA) is 66.4 Å². The number of hydrogen-bond acceptors (Lipinski definition) is 2. The van der Waals surface area contributed by atoms with Crippen LogP contribution in [0.3, 0.4) is 0 Å². The molecule has 2 unspecified atom stereocenters. The monoisotopic (exact) mass is 325 g/mol. The Labute approximate surface area is 120 Å². The summed E-state index contributed by atoms with van der Waals surface area (Å²) in [6.45, 7) is 5.55. The first-order valence-corrected chi connectivity index (χ1v) is 6.83. The van der Waals surface area contributed by atoms with Crippen molar-refractivity contribution in [3.63, 3.8) is 0 Å². The zero-order valence-corrected chi connectivity index (χ0v) is 12.6. The molecule has 102 valence electrons. The molecule has 0 aromatic heterocycles. The number of halogens is 1. The highest BCUT2D eigenvalue weighted by Crippen LogP contribution is 2.58. The molecule has 2 N–H and O–H groups in total. The molecule has 1 aliphatic rings. The van der Waals surface area contributed by atoms with Gasteiger partial charge in [-0.25, -0.2) is 0 Å². The zero-order valence-electron chi connectivity index (χ0n) is 11.0. The summed E-state index contributed by atoms with van der Waals surface area (Å²) in [6.07, 6.45) is 0. The van der Waals surface area contributed by atoms with Crippen molar-refractivity contribution >= 4 is 33.5 Å². The maximum Gasteiger partial charge on any atom is 0.307 e. The van der Waals surface area contributed by atoms with E-state index in [2.05, 4.69) is 21.2 Å². The van der Waals surface area contributed by atoms with Crippen molar-refractivity contribution in [2.24, 2.45) is 17.3 Å². The summed E-state index contributed by atoms with van der Waals surface area (Å²) < 4.78 is 0.882. The third-order valence-electron chi connectivity index (χ3n) is 3.69. The van der Waals surface area contributed by atoms with Gasteiger partial charge in [0.25, 0.3) is 0 Å². The van der Waals surface area contributed by atoms with Gasteiger partial charge in [-0.1, -0.05) is 29.8 Å². The fourth-order valence-electron chi connectivity index (χ4n) is 2.62. The van der Waals surface area contributed by atoms with E-state index in [0.29, 0.717) is 5.69 Å². The van der Waals surface area contributed by atoms with Crippen molar-refractivity contribution in [1.82, 2.24) is 0 Å². The van der Waals surface area contributed by atoms with Crippen LogP contribution in [0.15, 0.2) is 22.7 Å². The maximum atomic E-state index is 12.1. The summed E-state index contributed by atoms with van der Waals surface area (Å²) in [7, 11) is 0. The molecule has 0 saturated heterocycles. The third kappa shape index (κ3) is 2.66. The van der Waals surface area contributed by atoms with Gasteiger partial charge < -0.3 is 10.4 Å². The summed E-state index contributed by atoms with van der Waals surface area (Å²) in [5.41, 5.74) is 1.23. The lowest BCUT2D eigenvalue weighted by Crippen LogP contribution is -2.17. The minimum absolute atomic E-state index is 0.227. The second-order valence-corrected chi connectivity index (χ2v) is 6.54. The van der Waals surface area contributed by atoms with Crippen molar-refractivity contribution < 1.29 is 14.7 Å². The van der Waals surface area contributed by atoms with E-state index >= 15 is 0 Å². The molecule has 5 heteroatoms. The van der Waals surface area contributed by atoms with Crippen LogP contribution < -0.4 is 5.32 Å². The Morgan fingerprint density at radius 2 is 1.89 bits per heavy atom. The minimum atomic E-state index is -0.907. The molecule has 1 aromatic carbocycles. The molecule has 1 amide bonds. The Morgan fingerprint density at radius 3 is 2.37 bits per heavy atom. The fraction of sp³-hybridized carbons (Fsp3) is 0.429. The molecule has 1 aromatic rings. The van der Waals surface area contributed by atoms with Crippen LogP contribution in [0.25, 0.3) is 0 Å². The molecule has 1 aliphatic carbocycles. The molecule has 1 fully saturated rings. The number of aliphatic carboxylic acids is 1. The van der Waals surface area contributed by atoms with Gasteiger partial charge in [0, 0.05) is 10.2 Å². The Bertz CT molecular complexity index is 533. The fourth-order valence-corrected chi connectivity index (χ4v) is 3.22. The largest absolute Gasteiger partial charge is 0.481 e. The van der Waals surface area contributed by atoms with Crippen LogP contribution in [0.2, 0.25) is 0 Å². The first-order valence-electron chi connectivity index (χ1n) is 6.04. The SMILES string of the molecule is Cc1cc(Br)cc(NC(=O)C2C(C(=O)O)C2(C)C)c1. The van der Waals surface area contributed by atoms with Crippen LogP contribution in [-0.4, -0.2) is 17.0 Å². The van der Waals surface area contributed by atoms with Crippen LogP contribution >= 0.6 is 15.9 Å². The highest BCUT2D eigenvalue weighted by Gasteiger charge is 2.65. The third-order valence-corrected chi connectivity index (χ3v) is 4.14. The van der Waals surface area contributed by atoms with Crippen LogP contribution in [0.1, 0.15) is 19.4 Å². The minimum Gasteiger partial charge on any atom is -0.481 e. The van der Waals surface area contributed by atoms with Crippen LogP contribution in [-0.2, 0) is 9.59 Å². The summed E-state index contributed by atoms with van der Waals surface area (Å²) in [5, 5.41) is 11.9. The van der Waals surface area contributed by atoms with Crippen molar-refractivity contribution in [2.45, 2.75) is 20.8 Å². The van der Waals surface area contributed by atoms with Crippen LogP contribution in [0, 0.1) is 24.2 Å². The van der Waals surface area contributed by atoms with E-state index in [-0.39, 0.29) is 5.91 Å². The lowest BCUT2D eigenvalue weighted by atomic mass is 10.1. The van der Waals surface area contributed by atoms with Crippen LogP contribution in [0.5, 0.6) is 0 Å². The Balaban J connectivity index is 2.13. The molecular formula is C14H16BrNO3. The first kappa shape index (κ1) is 14.1. The van der Waals surface area contributed by atoms with E-state index in [1.54, 1.807) is 6.07 Å². The smallest absolute Gasteiger partial charge is 0.307 e. The van der Waals surface area contributed by atoms with E-state index in [0.717, 1.165) is 10.0 Å². The molecule has 19 heavy (non-hydrogen) atoms.